The Morgan fingerprint density at radius 1 is 0.765 bits per heavy atom. The molecular formula is C30H50O4. The van der Waals surface area contributed by atoms with Gasteiger partial charge in [-0.1, -0.05) is 55.4 Å². The lowest BCUT2D eigenvalue weighted by Gasteiger charge is -2.73. The molecule has 0 aliphatic heterocycles. The van der Waals surface area contributed by atoms with Crippen LogP contribution in [0.4, 0.5) is 0 Å². The summed E-state index contributed by atoms with van der Waals surface area (Å²) in [6.07, 6.45) is 7.92. The van der Waals surface area contributed by atoms with Crippen LogP contribution in [-0.4, -0.2) is 33.0 Å². The second-order valence-electron chi connectivity index (χ2n) is 15.8. The highest BCUT2D eigenvalue weighted by Gasteiger charge is 2.74. The molecule has 34 heavy (non-hydrogen) atoms. The molecule has 5 aliphatic carbocycles. The van der Waals surface area contributed by atoms with E-state index in [1.165, 1.54) is 25.7 Å². The third-order valence-corrected chi connectivity index (χ3v) is 13.7. The van der Waals surface area contributed by atoms with E-state index in [1.54, 1.807) is 0 Å². The maximum Gasteiger partial charge on any atom is 0.195 e. The molecule has 0 aromatic heterocycles. The summed E-state index contributed by atoms with van der Waals surface area (Å²) in [5.74, 6) is -0.585. The van der Waals surface area contributed by atoms with Crippen molar-refractivity contribution in [1.82, 2.24) is 0 Å². The van der Waals surface area contributed by atoms with E-state index in [2.05, 4.69) is 41.5 Å². The summed E-state index contributed by atoms with van der Waals surface area (Å²) < 4.78 is 0. The van der Waals surface area contributed by atoms with Crippen LogP contribution in [0.1, 0.15) is 113 Å². The molecule has 0 saturated heterocycles. The van der Waals surface area contributed by atoms with Crippen LogP contribution in [0.3, 0.4) is 0 Å². The first kappa shape index (κ1) is 25.2. The molecule has 5 saturated carbocycles. The van der Waals surface area contributed by atoms with Crippen LogP contribution >= 0.6 is 0 Å². The van der Waals surface area contributed by atoms with Crippen molar-refractivity contribution in [2.75, 3.05) is 0 Å². The molecule has 2 unspecified atom stereocenters. The van der Waals surface area contributed by atoms with E-state index in [-0.39, 0.29) is 22.7 Å². The number of rotatable bonds is 0. The minimum absolute atomic E-state index is 0.0410. The quantitative estimate of drug-likeness (QED) is 0.393. The highest BCUT2D eigenvalue weighted by atomic mass is 16.5. The van der Waals surface area contributed by atoms with Crippen LogP contribution < -0.4 is 0 Å². The van der Waals surface area contributed by atoms with Crippen molar-refractivity contribution in [2.24, 2.45) is 56.2 Å². The molecule has 5 fully saturated rings. The highest BCUT2D eigenvalue weighted by Crippen LogP contribution is 2.76. The maximum absolute atomic E-state index is 14.3. The molecule has 0 aromatic rings. The van der Waals surface area contributed by atoms with Gasteiger partial charge in [0, 0.05) is 17.3 Å². The standard InChI is InChI=1S/C30H50O4/c1-24(2)11-12-26(5)13-14-28(7)18(19(26)16-24)9-10-20-27(6)17-23(32)30(33,34)25(3,4)21(27)15-22(31)29(20,28)8/h18-21,23,32-34H,9-17H2,1-8H3/t18-,19-,20-,21?,23?,26-,27-,28-,29+/m1/s1. The van der Waals surface area contributed by atoms with E-state index < -0.39 is 22.7 Å². The largest absolute Gasteiger partial charge is 0.387 e. The molecule has 194 valence electrons. The lowest BCUT2D eigenvalue weighted by molar-refractivity contribution is -0.350. The van der Waals surface area contributed by atoms with Crippen molar-refractivity contribution in [3.8, 4) is 0 Å². The summed E-state index contributed by atoms with van der Waals surface area (Å²) in [5, 5.41) is 32.8. The van der Waals surface area contributed by atoms with Crippen molar-refractivity contribution in [2.45, 2.75) is 125 Å². The molecule has 3 N–H and O–H groups in total. The molecule has 5 aliphatic rings. The summed E-state index contributed by atoms with van der Waals surface area (Å²) in [5.41, 5.74) is -0.945. The number of carbonyl (C=O) groups excluding carboxylic acids is 1. The fourth-order valence-corrected chi connectivity index (χ4v) is 11.0. The zero-order valence-corrected chi connectivity index (χ0v) is 23.0. The van der Waals surface area contributed by atoms with Gasteiger partial charge in [0.2, 0.25) is 0 Å². The lowest BCUT2D eigenvalue weighted by Crippen LogP contribution is -2.73. The number of hydrogen-bond donors (Lipinski definition) is 3. The Kier molecular flexibility index (Phi) is 5.11. The van der Waals surface area contributed by atoms with Gasteiger partial charge >= 0.3 is 0 Å². The van der Waals surface area contributed by atoms with Crippen molar-refractivity contribution < 1.29 is 20.1 Å². The minimum Gasteiger partial charge on any atom is -0.387 e. The van der Waals surface area contributed by atoms with Crippen LogP contribution in [0.2, 0.25) is 0 Å². The monoisotopic (exact) mass is 474 g/mol. The summed E-state index contributed by atoms with van der Waals surface area (Å²) in [4.78, 5) is 14.3. The first-order valence-electron chi connectivity index (χ1n) is 14.0. The zero-order valence-electron chi connectivity index (χ0n) is 23.0. The van der Waals surface area contributed by atoms with Crippen molar-refractivity contribution in [3.05, 3.63) is 0 Å². The number of fused-ring (bicyclic) bond motifs is 7. The normalized spacial score (nSPS) is 55.4. The Balaban J connectivity index is 1.59. The van der Waals surface area contributed by atoms with Crippen molar-refractivity contribution in [1.29, 1.82) is 0 Å². The number of aliphatic hydroxyl groups is 3. The van der Waals surface area contributed by atoms with Crippen LogP contribution in [0, 0.1) is 56.2 Å². The molecule has 4 heteroatoms. The number of aliphatic hydroxyl groups excluding tert-OH is 1. The summed E-state index contributed by atoms with van der Waals surface area (Å²) in [6.45, 7) is 18.1. The molecule has 4 nitrogen and oxygen atoms in total. The van der Waals surface area contributed by atoms with Gasteiger partial charge < -0.3 is 15.3 Å². The van der Waals surface area contributed by atoms with E-state index >= 15 is 0 Å². The first-order valence-corrected chi connectivity index (χ1v) is 14.0. The molecule has 0 radical (unpaired) electrons. The van der Waals surface area contributed by atoms with Crippen LogP contribution in [0.25, 0.3) is 0 Å². The highest BCUT2D eigenvalue weighted by molar-refractivity contribution is 5.87. The predicted molar refractivity (Wildman–Crippen MR) is 134 cm³/mol. The molecule has 0 bridgehead atoms. The van der Waals surface area contributed by atoms with Gasteiger partial charge in [-0.25, -0.2) is 0 Å². The van der Waals surface area contributed by atoms with E-state index in [0.717, 1.165) is 19.3 Å². The molecule has 9 atom stereocenters. The molecule has 0 spiro atoms. The molecule has 0 amide bonds. The predicted octanol–water partition coefficient (Wildman–Crippen LogP) is 5.72. The maximum atomic E-state index is 14.3. The number of Topliss-reactive ketones (excluding diaryl/α,β-unsaturated/α-hetero) is 1. The van der Waals surface area contributed by atoms with Gasteiger partial charge in [0.1, 0.15) is 11.9 Å². The summed E-state index contributed by atoms with van der Waals surface area (Å²) >= 11 is 0. The molecule has 0 aromatic carbocycles. The third kappa shape index (κ3) is 2.80. The Labute approximate surface area is 207 Å². The number of hydrogen-bond acceptors (Lipinski definition) is 4. The average Bonchev–Trinajstić information content (AvgIpc) is 2.71. The van der Waals surface area contributed by atoms with E-state index in [1.807, 2.05) is 13.8 Å². The minimum atomic E-state index is -2.17. The smallest absolute Gasteiger partial charge is 0.195 e. The molecule has 0 heterocycles. The SMILES string of the molecule is CC1(C)CC[C@]2(C)CC[C@]3(C)[C@H](CC[C@@H]4[C@@]5(C)CC(O)C(O)(O)C(C)(C)C5CC(=O)[C@]43C)[C@H]2C1. The van der Waals surface area contributed by atoms with Gasteiger partial charge in [-0.05, 0) is 96.7 Å². The Morgan fingerprint density at radius 2 is 1.38 bits per heavy atom. The summed E-state index contributed by atoms with van der Waals surface area (Å²) in [7, 11) is 0. The van der Waals surface area contributed by atoms with E-state index in [0.29, 0.717) is 41.3 Å². The average molecular weight is 475 g/mol. The lowest BCUT2D eigenvalue weighted by atomic mass is 9.31. The van der Waals surface area contributed by atoms with Gasteiger partial charge in [-0.15, -0.1) is 0 Å². The van der Waals surface area contributed by atoms with Gasteiger partial charge in [0.15, 0.2) is 5.79 Å². The van der Waals surface area contributed by atoms with Crippen molar-refractivity contribution >= 4 is 5.78 Å². The van der Waals surface area contributed by atoms with Crippen LogP contribution in [-0.2, 0) is 4.79 Å². The third-order valence-electron chi connectivity index (χ3n) is 13.7. The second kappa shape index (κ2) is 6.90. The fourth-order valence-electron chi connectivity index (χ4n) is 11.0. The van der Waals surface area contributed by atoms with E-state index in [4.69, 9.17) is 0 Å². The number of ketones is 1. The Hall–Kier alpha value is -0.450. The van der Waals surface area contributed by atoms with Gasteiger partial charge in [0.05, 0.1) is 0 Å². The van der Waals surface area contributed by atoms with Gasteiger partial charge in [-0.3, -0.25) is 4.79 Å². The summed E-state index contributed by atoms with van der Waals surface area (Å²) in [6, 6.07) is 0. The Morgan fingerprint density at radius 3 is 2.03 bits per heavy atom. The fraction of sp³-hybridized carbons (Fsp3) is 0.967. The molecule has 5 rings (SSSR count). The first-order chi connectivity index (χ1) is 15.4. The van der Waals surface area contributed by atoms with Gasteiger partial charge in [-0.2, -0.15) is 0 Å². The van der Waals surface area contributed by atoms with Gasteiger partial charge in [0.25, 0.3) is 0 Å². The number of carbonyl (C=O) groups is 1. The second-order valence-corrected chi connectivity index (χ2v) is 15.8. The molecular weight excluding hydrogens is 424 g/mol. The van der Waals surface area contributed by atoms with Crippen LogP contribution in [0.15, 0.2) is 0 Å². The Bertz CT molecular complexity index is 890. The van der Waals surface area contributed by atoms with Crippen molar-refractivity contribution in [3.63, 3.8) is 0 Å². The van der Waals surface area contributed by atoms with Crippen LogP contribution in [0.5, 0.6) is 0 Å². The topological polar surface area (TPSA) is 77.8 Å². The van der Waals surface area contributed by atoms with E-state index in [9.17, 15) is 20.1 Å². The zero-order chi connectivity index (χ0) is 25.3.